The van der Waals surface area contributed by atoms with Crippen LogP contribution in [0.15, 0.2) is 48.5 Å². The monoisotopic (exact) mass is 337 g/mol. The van der Waals surface area contributed by atoms with Crippen molar-refractivity contribution in [3.8, 4) is 0 Å². The molecule has 2 aromatic carbocycles. The lowest BCUT2D eigenvalue weighted by molar-refractivity contribution is -0.117. The average Bonchev–Trinajstić information content (AvgIpc) is 2.66. The van der Waals surface area contributed by atoms with Crippen LogP contribution in [0.5, 0.6) is 0 Å². The van der Waals surface area contributed by atoms with Crippen molar-refractivity contribution >= 4 is 17.5 Å². The number of anilines is 1. The van der Waals surface area contributed by atoms with E-state index in [0.29, 0.717) is 24.3 Å². The second-order valence-corrected chi connectivity index (χ2v) is 6.22. The van der Waals surface area contributed by atoms with Gasteiger partial charge in [0.15, 0.2) is 0 Å². The number of aryl methyl sites for hydroxylation is 1. The summed E-state index contributed by atoms with van der Waals surface area (Å²) in [5.41, 5.74) is 8.75. The van der Waals surface area contributed by atoms with E-state index in [0.717, 1.165) is 24.8 Å². The number of carbonyl (C=O) groups is 2. The Labute approximate surface area is 147 Å². The molecule has 0 spiro atoms. The first-order valence-corrected chi connectivity index (χ1v) is 8.66. The van der Waals surface area contributed by atoms with Crippen LogP contribution in [0.2, 0.25) is 0 Å². The van der Waals surface area contributed by atoms with Crippen molar-refractivity contribution in [1.82, 2.24) is 5.32 Å². The third-order valence-corrected chi connectivity index (χ3v) is 4.55. The largest absolute Gasteiger partial charge is 0.351 e. The predicted octanol–water partition coefficient (Wildman–Crippen LogP) is 2.43. The zero-order valence-corrected chi connectivity index (χ0v) is 14.1. The predicted molar refractivity (Wildman–Crippen MR) is 98.6 cm³/mol. The van der Waals surface area contributed by atoms with Crippen molar-refractivity contribution in [2.45, 2.75) is 25.2 Å². The molecule has 0 aliphatic heterocycles. The number of nitrogens with one attached hydrogen (secondary N) is 2. The van der Waals surface area contributed by atoms with Gasteiger partial charge in [-0.15, -0.1) is 0 Å². The Kier molecular flexibility index (Phi) is 5.46. The summed E-state index contributed by atoms with van der Waals surface area (Å²) >= 11 is 0. The molecule has 25 heavy (non-hydrogen) atoms. The minimum Gasteiger partial charge on any atom is -0.351 e. The lowest BCUT2D eigenvalue weighted by atomic mass is 9.82. The van der Waals surface area contributed by atoms with Gasteiger partial charge in [0.2, 0.25) is 5.91 Å². The normalized spacial score (nSPS) is 16.0. The Bertz CT molecular complexity index is 773. The topological polar surface area (TPSA) is 84.2 Å². The van der Waals surface area contributed by atoms with Crippen LogP contribution in [0.1, 0.15) is 40.2 Å². The molecule has 0 fully saturated rings. The summed E-state index contributed by atoms with van der Waals surface area (Å²) in [7, 11) is 0. The number of benzene rings is 2. The summed E-state index contributed by atoms with van der Waals surface area (Å²) in [6.07, 6.45) is 2.83. The molecule has 4 N–H and O–H groups in total. The third kappa shape index (κ3) is 3.88. The molecular weight excluding hydrogens is 314 g/mol. The van der Waals surface area contributed by atoms with Gasteiger partial charge < -0.3 is 16.4 Å². The zero-order chi connectivity index (χ0) is 17.6. The van der Waals surface area contributed by atoms with Crippen LogP contribution < -0.4 is 16.4 Å². The van der Waals surface area contributed by atoms with Crippen molar-refractivity contribution in [3.05, 3.63) is 65.2 Å². The maximum Gasteiger partial charge on any atom is 0.253 e. The van der Waals surface area contributed by atoms with Crippen molar-refractivity contribution in [3.63, 3.8) is 0 Å². The molecule has 130 valence electrons. The number of carbonyl (C=O) groups excluding carboxylic acids is 2. The summed E-state index contributed by atoms with van der Waals surface area (Å²) in [5.74, 6) is -0.471. The molecule has 0 heterocycles. The highest BCUT2D eigenvalue weighted by atomic mass is 16.2. The number of hydrogen-bond acceptors (Lipinski definition) is 3. The highest BCUT2D eigenvalue weighted by molar-refractivity contribution is 6.05. The van der Waals surface area contributed by atoms with E-state index in [1.165, 1.54) is 5.56 Å². The molecule has 3 rings (SSSR count). The molecule has 1 aliphatic carbocycles. The minimum atomic E-state index is -0.231. The molecule has 0 bridgehead atoms. The average molecular weight is 337 g/mol. The highest BCUT2D eigenvalue weighted by Crippen LogP contribution is 2.32. The number of amides is 2. The lowest BCUT2D eigenvalue weighted by Gasteiger charge is -2.25. The van der Waals surface area contributed by atoms with Gasteiger partial charge in [-0.3, -0.25) is 9.59 Å². The van der Waals surface area contributed by atoms with Crippen LogP contribution in [0, 0.1) is 0 Å². The standard InChI is InChI=1S/C20H23N3O2/c21-12-13-22-19(24)17-9-3-4-11-18(17)23-20(25)16-10-5-7-14-6-1-2-8-15(14)16/h1-4,6,8-9,11,16H,5,7,10,12-13,21H2,(H,22,24)(H,23,25). The van der Waals surface area contributed by atoms with E-state index in [9.17, 15) is 9.59 Å². The van der Waals surface area contributed by atoms with Crippen LogP contribution in [0.4, 0.5) is 5.69 Å². The molecule has 0 saturated heterocycles. The van der Waals surface area contributed by atoms with Gasteiger partial charge >= 0.3 is 0 Å². The maximum absolute atomic E-state index is 12.9. The molecule has 5 heteroatoms. The Balaban J connectivity index is 1.79. The smallest absolute Gasteiger partial charge is 0.253 e. The van der Waals surface area contributed by atoms with Crippen LogP contribution in [0.3, 0.4) is 0 Å². The first-order valence-electron chi connectivity index (χ1n) is 8.66. The number of para-hydroxylation sites is 1. The van der Waals surface area contributed by atoms with E-state index in [1.54, 1.807) is 18.2 Å². The van der Waals surface area contributed by atoms with Crippen LogP contribution >= 0.6 is 0 Å². The Morgan fingerprint density at radius 1 is 1.08 bits per heavy atom. The fraction of sp³-hybridized carbons (Fsp3) is 0.300. The minimum absolute atomic E-state index is 0.0637. The molecule has 0 saturated carbocycles. The van der Waals surface area contributed by atoms with E-state index in [4.69, 9.17) is 5.73 Å². The summed E-state index contributed by atoms with van der Waals surface area (Å²) in [5, 5.41) is 5.69. The van der Waals surface area contributed by atoms with E-state index in [1.807, 2.05) is 24.3 Å². The molecule has 1 atom stereocenters. The van der Waals surface area contributed by atoms with Gasteiger partial charge in [0, 0.05) is 13.1 Å². The summed E-state index contributed by atoms with van der Waals surface area (Å²) in [4.78, 5) is 25.1. The summed E-state index contributed by atoms with van der Waals surface area (Å²) in [6, 6.07) is 15.1. The van der Waals surface area contributed by atoms with Gasteiger partial charge in [0.1, 0.15) is 0 Å². The molecule has 1 unspecified atom stereocenters. The zero-order valence-electron chi connectivity index (χ0n) is 14.1. The van der Waals surface area contributed by atoms with E-state index >= 15 is 0 Å². The van der Waals surface area contributed by atoms with Gasteiger partial charge in [-0.2, -0.15) is 0 Å². The van der Waals surface area contributed by atoms with Gasteiger partial charge in [-0.1, -0.05) is 36.4 Å². The maximum atomic E-state index is 12.9. The van der Waals surface area contributed by atoms with Gasteiger partial charge in [-0.25, -0.2) is 0 Å². The fourth-order valence-corrected chi connectivity index (χ4v) is 3.32. The first kappa shape index (κ1) is 17.2. The van der Waals surface area contributed by atoms with Crippen molar-refractivity contribution < 1.29 is 9.59 Å². The molecule has 2 amide bonds. The Morgan fingerprint density at radius 2 is 1.84 bits per heavy atom. The molecule has 0 aromatic heterocycles. The van der Waals surface area contributed by atoms with Crippen LogP contribution in [-0.4, -0.2) is 24.9 Å². The van der Waals surface area contributed by atoms with Gasteiger partial charge in [0.05, 0.1) is 17.2 Å². The third-order valence-electron chi connectivity index (χ3n) is 4.55. The Morgan fingerprint density at radius 3 is 2.68 bits per heavy atom. The second-order valence-electron chi connectivity index (χ2n) is 6.22. The van der Waals surface area contributed by atoms with Crippen LogP contribution in [0.25, 0.3) is 0 Å². The SMILES string of the molecule is NCCNC(=O)c1ccccc1NC(=O)C1CCCc2ccccc21. The van der Waals surface area contributed by atoms with Gasteiger partial charge in [-0.05, 0) is 42.5 Å². The molecule has 0 radical (unpaired) electrons. The fourth-order valence-electron chi connectivity index (χ4n) is 3.32. The first-order chi connectivity index (χ1) is 12.2. The molecule has 2 aromatic rings. The lowest BCUT2D eigenvalue weighted by Crippen LogP contribution is -2.30. The number of hydrogen-bond donors (Lipinski definition) is 3. The second kappa shape index (κ2) is 7.94. The molecule has 1 aliphatic rings. The number of rotatable bonds is 5. The Hall–Kier alpha value is -2.66. The number of fused-ring (bicyclic) bond motifs is 1. The number of nitrogens with two attached hydrogens (primary N) is 1. The van der Waals surface area contributed by atoms with Crippen molar-refractivity contribution in [2.75, 3.05) is 18.4 Å². The highest BCUT2D eigenvalue weighted by Gasteiger charge is 2.27. The molecular formula is C20H23N3O2. The van der Waals surface area contributed by atoms with Crippen LogP contribution in [-0.2, 0) is 11.2 Å². The quantitative estimate of drug-likeness (QED) is 0.783. The van der Waals surface area contributed by atoms with Crippen molar-refractivity contribution in [1.29, 1.82) is 0 Å². The summed E-state index contributed by atoms with van der Waals surface area (Å²) < 4.78 is 0. The van der Waals surface area contributed by atoms with Crippen molar-refractivity contribution in [2.24, 2.45) is 5.73 Å². The van der Waals surface area contributed by atoms with E-state index in [-0.39, 0.29) is 17.7 Å². The van der Waals surface area contributed by atoms with E-state index < -0.39 is 0 Å². The molecule has 5 nitrogen and oxygen atoms in total. The summed E-state index contributed by atoms with van der Waals surface area (Å²) in [6.45, 7) is 0.774. The van der Waals surface area contributed by atoms with Gasteiger partial charge in [0.25, 0.3) is 5.91 Å². The van der Waals surface area contributed by atoms with E-state index in [2.05, 4.69) is 16.7 Å².